The van der Waals surface area contributed by atoms with Crippen LogP contribution >= 0.6 is 15.9 Å². The Kier molecular flexibility index (Phi) is 6.47. The minimum atomic E-state index is -3.66. The number of nitrogens with one attached hydrogen (secondary N) is 2. The van der Waals surface area contributed by atoms with Crippen molar-refractivity contribution in [2.75, 3.05) is 6.54 Å². The smallest absolute Gasteiger partial charge is 0.240 e. The first-order valence-electron chi connectivity index (χ1n) is 7.13. The van der Waals surface area contributed by atoms with Gasteiger partial charge in [-0.1, -0.05) is 34.1 Å². The van der Waals surface area contributed by atoms with Gasteiger partial charge in [-0.2, -0.15) is 0 Å². The fourth-order valence-electron chi connectivity index (χ4n) is 1.95. The SMILES string of the molecule is O=C(CCNS(=O)(=O)c1cccc(Br)c1)NCc1cccc(F)c1. The van der Waals surface area contributed by atoms with Crippen molar-refractivity contribution in [1.82, 2.24) is 10.0 Å². The molecule has 0 heterocycles. The van der Waals surface area contributed by atoms with Crippen molar-refractivity contribution in [2.45, 2.75) is 17.9 Å². The van der Waals surface area contributed by atoms with E-state index >= 15 is 0 Å². The molecule has 128 valence electrons. The van der Waals surface area contributed by atoms with Gasteiger partial charge in [-0.25, -0.2) is 17.5 Å². The van der Waals surface area contributed by atoms with Crippen molar-refractivity contribution >= 4 is 31.9 Å². The Morgan fingerprint density at radius 2 is 1.88 bits per heavy atom. The van der Waals surface area contributed by atoms with Crippen molar-refractivity contribution in [3.63, 3.8) is 0 Å². The summed E-state index contributed by atoms with van der Waals surface area (Å²) < 4.78 is 40.2. The lowest BCUT2D eigenvalue weighted by Gasteiger charge is -2.08. The quantitative estimate of drug-likeness (QED) is 0.730. The minimum Gasteiger partial charge on any atom is -0.352 e. The highest BCUT2D eigenvalue weighted by atomic mass is 79.9. The molecule has 0 bridgehead atoms. The molecule has 0 saturated heterocycles. The van der Waals surface area contributed by atoms with E-state index in [9.17, 15) is 17.6 Å². The van der Waals surface area contributed by atoms with Crippen LogP contribution in [-0.2, 0) is 21.4 Å². The molecule has 0 atom stereocenters. The molecule has 2 rings (SSSR count). The van der Waals surface area contributed by atoms with Gasteiger partial charge in [0, 0.05) is 24.0 Å². The average Bonchev–Trinajstić information content (AvgIpc) is 2.53. The van der Waals surface area contributed by atoms with E-state index in [1.54, 1.807) is 24.3 Å². The van der Waals surface area contributed by atoms with E-state index in [1.165, 1.54) is 24.3 Å². The number of rotatable bonds is 7. The largest absolute Gasteiger partial charge is 0.352 e. The maximum absolute atomic E-state index is 13.0. The first-order valence-corrected chi connectivity index (χ1v) is 9.41. The van der Waals surface area contributed by atoms with Crippen LogP contribution in [0.1, 0.15) is 12.0 Å². The van der Waals surface area contributed by atoms with E-state index in [4.69, 9.17) is 0 Å². The highest BCUT2D eigenvalue weighted by Crippen LogP contribution is 2.15. The maximum Gasteiger partial charge on any atom is 0.240 e. The molecular formula is C16H16BrFN2O3S. The van der Waals surface area contributed by atoms with Crippen molar-refractivity contribution in [1.29, 1.82) is 0 Å². The first kappa shape index (κ1) is 18.6. The molecule has 0 aliphatic carbocycles. The van der Waals surface area contributed by atoms with Gasteiger partial charge in [-0.15, -0.1) is 0 Å². The predicted molar refractivity (Wildman–Crippen MR) is 92.2 cm³/mol. The lowest BCUT2D eigenvalue weighted by atomic mass is 10.2. The average molecular weight is 415 g/mol. The van der Waals surface area contributed by atoms with Crippen molar-refractivity contribution in [3.05, 3.63) is 64.4 Å². The number of hydrogen-bond acceptors (Lipinski definition) is 3. The molecule has 2 aromatic rings. The number of carbonyl (C=O) groups is 1. The van der Waals surface area contributed by atoms with Crippen molar-refractivity contribution < 1.29 is 17.6 Å². The summed E-state index contributed by atoms with van der Waals surface area (Å²) in [6, 6.07) is 12.2. The number of sulfonamides is 1. The highest BCUT2D eigenvalue weighted by molar-refractivity contribution is 9.10. The molecule has 24 heavy (non-hydrogen) atoms. The summed E-state index contributed by atoms with van der Waals surface area (Å²) in [5, 5.41) is 2.61. The molecule has 0 fully saturated rings. The molecule has 8 heteroatoms. The number of hydrogen-bond donors (Lipinski definition) is 2. The van der Waals surface area contributed by atoms with E-state index in [0.29, 0.717) is 10.0 Å². The van der Waals surface area contributed by atoms with Crippen LogP contribution in [0.15, 0.2) is 57.9 Å². The molecular weight excluding hydrogens is 399 g/mol. The maximum atomic E-state index is 13.0. The zero-order chi connectivity index (χ0) is 17.6. The molecule has 0 saturated carbocycles. The van der Waals surface area contributed by atoms with Crippen LogP contribution in [0.25, 0.3) is 0 Å². The van der Waals surface area contributed by atoms with Crippen LogP contribution in [0.5, 0.6) is 0 Å². The van der Waals surface area contributed by atoms with Gasteiger partial charge in [0.1, 0.15) is 5.82 Å². The van der Waals surface area contributed by atoms with Crippen LogP contribution in [0.2, 0.25) is 0 Å². The minimum absolute atomic E-state index is 0.0114. The van der Waals surface area contributed by atoms with E-state index < -0.39 is 10.0 Å². The molecule has 2 N–H and O–H groups in total. The molecule has 5 nitrogen and oxygen atoms in total. The Morgan fingerprint density at radius 3 is 2.58 bits per heavy atom. The van der Waals surface area contributed by atoms with Crippen LogP contribution in [-0.4, -0.2) is 20.9 Å². The summed E-state index contributed by atoms with van der Waals surface area (Å²) in [5.74, 6) is -0.695. The normalized spacial score (nSPS) is 11.2. The Hall–Kier alpha value is -1.77. The van der Waals surface area contributed by atoms with E-state index in [0.717, 1.165) is 0 Å². The molecule has 0 aliphatic heterocycles. The van der Waals surface area contributed by atoms with Gasteiger partial charge >= 0.3 is 0 Å². The van der Waals surface area contributed by atoms with Gasteiger partial charge < -0.3 is 5.32 Å². The van der Waals surface area contributed by atoms with Gasteiger partial charge in [0.25, 0.3) is 0 Å². The number of halogens is 2. The number of amides is 1. The summed E-state index contributed by atoms with van der Waals surface area (Å²) in [5.41, 5.74) is 0.637. The van der Waals surface area contributed by atoms with Gasteiger partial charge in [0.2, 0.25) is 15.9 Å². The molecule has 1 amide bonds. The Balaban J connectivity index is 1.80. The van der Waals surface area contributed by atoms with Gasteiger partial charge in [-0.05, 0) is 35.9 Å². The summed E-state index contributed by atoms with van der Waals surface area (Å²) in [7, 11) is -3.66. The summed E-state index contributed by atoms with van der Waals surface area (Å²) in [6.07, 6.45) is -0.0114. The third kappa shape index (κ3) is 5.70. The highest BCUT2D eigenvalue weighted by Gasteiger charge is 2.14. The second kappa shape index (κ2) is 8.36. The lowest BCUT2D eigenvalue weighted by molar-refractivity contribution is -0.121. The summed E-state index contributed by atoms with van der Waals surface area (Å²) in [4.78, 5) is 11.9. The molecule has 0 aliphatic rings. The predicted octanol–water partition coefficient (Wildman–Crippen LogP) is 2.57. The lowest BCUT2D eigenvalue weighted by Crippen LogP contribution is -2.30. The fourth-order valence-corrected chi connectivity index (χ4v) is 3.58. The number of benzene rings is 2. The van der Waals surface area contributed by atoms with Gasteiger partial charge in [-0.3, -0.25) is 4.79 Å². The first-order chi connectivity index (χ1) is 11.4. The van der Waals surface area contributed by atoms with Gasteiger partial charge in [0.15, 0.2) is 0 Å². The second-order valence-electron chi connectivity index (χ2n) is 5.01. The van der Waals surface area contributed by atoms with E-state index in [2.05, 4.69) is 26.0 Å². The van der Waals surface area contributed by atoms with Gasteiger partial charge in [0.05, 0.1) is 4.90 Å². The fraction of sp³-hybridized carbons (Fsp3) is 0.188. The van der Waals surface area contributed by atoms with Crippen LogP contribution in [0, 0.1) is 5.82 Å². The van der Waals surface area contributed by atoms with E-state index in [1.807, 2.05) is 0 Å². The van der Waals surface area contributed by atoms with Crippen molar-refractivity contribution in [2.24, 2.45) is 0 Å². The summed E-state index contributed by atoms with van der Waals surface area (Å²) in [6.45, 7) is 0.165. The topological polar surface area (TPSA) is 75.3 Å². The molecule has 2 aromatic carbocycles. The van der Waals surface area contributed by atoms with Crippen LogP contribution in [0.3, 0.4) is 0 Å². The molecule has 0 unspecified atom stereocenters. The van der Waals surface area contributed by atoms with Crippen molar-refractivity contribution in [3.8, 4) is 0 Å². The molecule has 0 radical (unpaired) electrons. The molecule has 0 aromatic heterocycles. The monoisotopic (exact) mass is 414 g/mol. The molecule has 0 spiro atoms. The summed E-state index contributed by atoms with van der Waals surface area (Å²) >= 11 is 3.21. The standard InChI is InChI=1S/C16H16BrFN2O3S/c17-13-4-2-6-15(10-13)24(22,23)20-8-7-16(21)19-11-12-3-1-5-14(18)9-12/h1-6,9-10,20H,7-8,11H2,(H,19,21). The zero-order valence-corrected chi connectivity index (χ0v) is 15.0. The van der Waals surface area contributed by atoms with Crippen LogP contribution in [0.4, 0.5) is 4.39 Å². The Morgan fingerprint density at radius 1 is 1.12 bits per heavy atom. The Labute approximate surface area is 148 Å². The number of carbonyl (C=O) groups excluding carboxylic acids is 1. The second-order valence-corrected chi connectivity index (χ2v) is 7.69. The third-order valence-electron chi connectivity index (χ3n) is 3.13. The zero-order valence-electron chi connectivity index (χ0n) is 12.6. The third-order valence-corrected chi connectivity index (χ3v) is 5.08. The Bertz CT molecular complexity index is 828. The van der Waals surface area contributed by atoms with Crippen LogP contribution < -0.4 is 10.0 Å². The van der Waals surface area contributed by atoms with E-state index in [-0.39, 0.29) is 36.1 Å².